The molecular formula is C8H8BNOS. The normalized spacial score (nSPS) is 10.8. The molecule has 1 heterocycles. The molecule has 0 radical (unpaired) electrons. The summed E-state index contributed by atoms with van der Waals surface area (Å²) in [5, 5.41) is 10.3. The van der Waals surface area contributed by atoms with Crippen molar-refractivity contribution in [1.82, 2.24) is 4.98 Å². The lowest BCUT2D eigenvalue weighted by atomic mass is 9.95. The first-order chi connectivity index (χ1) is 5.66. The Bertz CT molecular complexity index is 438. The summed E-state index contributed by atoms with van der Waals surface area (Å²) >= 11 is 1.61. The molecule has 2 aromatic rings. The van der Waals surface area contributed by atoms with Crippen LogP contribution in [0, 0.1) is 6.92 Å². The number of benzene rings is 1. The van der Waals surface area contributed by atoms with Crippen molar-refractivity contribution >= 4 is 34.9 Å². The Morgan fingerprint density at radius 3 is 3.00 bits per heavy atom. The number of phenols is 1. The number of aryl methyl sites for hydroxylation is 1. The van der Waals surface area contributed by atoms with Gasteiger partial charge in [-0.1, -0.05) is 5.46 Å². The third-order valence-electron chi connectivity index (χ3n) is 1.78. The van der Waals surface area contributed by atoms with Crippen LogP contribution in [0.2, 0.25) is 0 Å². The molecule has 0 aliphatic carbocycles. The van der Waals surface area contributed by atoms with Gasteiger partial charge in [-0.2, -0.15) is 0 Å². The van der Waals surface area contributed by atoms with Gasteiger partial charge in [0.15, 0.2) is 0 Å². The molecule has 12 heavy (non-hydrogen) atoms. The maximum Gasteiger partial charge on any atom is 0.142 e. The maximum atomic E-state index is 9.30. The predicted molar refractivity (Wildman–Crippen MR) is 54.2 cm³/mol. The van der Waals surface area contributed by atoms with Crippen LogP contribution in [0.15, 0.2) is 12.1 Å². The summed E-state index contributed by atoms with van der Waals surface area (Å²) in [4.78, 5) is 4.36. The van der Waals surface area contributed by atoms with E-state index in [1.54, 1.807) is 23.5 Å². The molecule has 0 aliphatic heterocycles. The maximum absolute atomic E-state index is 9.30. The van der Waals surface area contributed by atoms with Gasteiger partial charge < -0.3 is 5.11 Å². The average molecular weight is 177 g/mol. The molecule has 0 atom stereocenters. The topological polar surface area (TPSA) is 33.1 Å². The van der Waals surface area contributed by atoms with E-state index < -0.39 is 0 Å². The quantitative estimate of drug-likeness (QED) is 0.596. The zero-order valence-electron chi connectivity index (χ0n) is 6.96. The van der Waals surface area contributed by atoms with E-state index in [-0.39, 0.29) is 0 Å². The van der Waals surface area contributed by atoms with Crippen molar-refractivity contribution in [3.05, 3.63) is 17.1 Å². The summed E-state index contributed by atoms with van der Waals surface area (Å²) in [5.74, 6) is 0.323. The summed E-state index contributed by atoms with van der Waals surface area (Å²) in [6.07, 6.45) is 0. The largest absolute Gasteiger partial charge is 0.508 e. The van der Waals surface area contributed by atoms with Crippen molar-refractivity contribution in [2.24, 2.45) is 0 Å². The molecule has 1 aromatic heterocycles. The molecule has 0 spiro atoms. The Kier molecular flexibility index (Phi) is 1.58. The van der Waals surface area contributed by atoms with Gasteiger partial charge >= 0.3 is 0 Å². The van der Waals surface area contributed by atoms with Crippen LogP contribution in [0.1, 0.15) is 5.01 Å². The predicted octanol–water partition coefficient (Wildman–Crippen LogP) is 0.569. The molecule has 0 saturated heterocycles. The van der Waals surface area contributed by atoms with E-state index in [2.05, 4.69) is 4.98 Å². The molecule has 1 N–H and O–H groups in total. The minimum absolute atomic E-state index is 0.323. The number of rotatable bonds is 0. The molecule has 0 saturated carbocycles. The lowest BCUT2D eigenvalue weighted by Crippen LogP contribution is -2.02. The van der Waals surface area contributed by atoms with Gasteiger partial charge in [0.25, 0.3) is 0 Å². The number of hydrogen-bond acceptors (Lipinski definition) is 3. The lowest BCUT2D eigenvalue weighted by Gasteiger charge is -1.95. The SMILES string of the molecule is Bc1cc(O)cc2sc(C)nc12. The van der Waals surface area contributed by atoms with Gasteiger partial charge in [-0.25, -0.2) is 4.98 Å². The van der Waals surface area contributed by atoms with Crippen LogP contribution in [-0.2, 0) is 0 Å². The van der Waals surface area contributed by atoms with Gasteiger partial charge in [-0.05, 0) is 19.1 Å². The highest BCUT2D eigenvalue weighted by atomic mass is 32.1. The minimum atomic E-state index is 0.323. The zero-order valence-corrected chi connectivity index (χ0v) is 7.77. The smallest absolute Gasteiger partial charge is 0.142 e. The second-order valence-electron chi connectivity index (χ2n) is 2.84. The molecule has 0 bridgehead atoms. The number of aromatic nitrogens is 1. The molecule has 0 amide bonds. The summed E-state index contributed by atoms with van der Waals surface area (Å²) in [6, 6.07) is 3.49. The molecule has 0 aliphatic rings. The van der Waals surface area contributed by atoms with Gasteiger partial charge in [0.2, 0.25) is 0 Å². The molecular weight excluding hydrogens is 169 g/mol. The Hall–Kier alpha value is -1.03. The molecule has 1 aromatic carbocycles. The van der Waals surface area contributed by atoms with E-state index in [0.717, 1.165) is 20.7 Å². The van der Waals surface area contributed by atoms with Gasteiger partial charge in [0.1, 0.15) is 13.6 Å². The van der Waals surface area contributed by atoms with Gasteiger partial charge in [0, 0.05) is 0 Å². The Balaban J connectivity index is 2.88. The first-order valence-corrected chi connectivity index (χ1v) is 4.55. The summed E-state index contributed by atoms with van der Waals surface area (Å²) in [5.41, 5.74) is 2.05. The fourth-order valence-corrected chi connectivity index (χ4v) is 2.23. The molecule has 60 valence electrons. The Morgan fingerprint density at radius 1 is 1.50 bits per heavy atom. The van der Waals surface area contributed by atoms with Crippen LogP contribution < -0.4 is 5.46 Å². The molecule has 0 fully saturated rings. The van der Waals surface area contributed by atoms with Crippen LogP contribution in [0.25, 0.3) is 10.2 Å². The van der Waals surface area contributed by atoms with Gasteiger partial charge in [0.05, 0.1) is 15.2 Å². The van der Waals surface area contributed by atoms with Crippen molar-refractivity contribution in [2.75, 3.05) is 0 Å². The third-order valence-corrected chi connectivity index (χ3v) is 2.70. The first-order valence-electron chi connectivity index (χ1n) is 3.73. The first kappa shape index (κ1) is 7.62. The van der Waals surface area contributed by atoms with E-state index in [9.17, 15) is 5.11 Å². The van der Waals surface area contributed by atoms with Gasteiger partial charge in [-0.3, -0.25) is 0 Å². The molecule has 2 rings (SSSR count). The molecule has 0 unspecified atom stereocenters. The van der Waals surface area contributed by atoms with Gasteiger partial charge in [-0.15, -0.1) is 11.3 Å². The van der Waals surface area contributed by atoms with E-state index >= 15 is 0 Å². The Morgan fingerprint density at radius 2 is 2.25 bits per heavy atom. The summed E-state index contributed by atoms with van der Waals surface area (Å²) < 4.78 is 1.06. The second-order valence-corrected chi connectivity index (χ2v) is 4.08. The zero-order chi connectivity index (χ0) is 8.72. The highest BCUT2D eigenvalue weighted by Crippen LogP contribution is 2.23. The summed E-state index contributed by atoms with van der Waals surface area (Å²) in [7, 11) is 1.96. The minimum Gasteiger partial charge on any atom is -0.508 e. The third kappa shape index (κ3) is 1.08. The van der Waals surface area contributed by atoms with Crippen LogP contribution in [0.5, 0.6) is 5.75 Å². The summed E-state index contributed by atoms with van der Waals surface area (Å²) in [6.45, 7) is 1.97. The van der Waals surface area contributed by atoms with E-state index in [1.807, 2.05) is 14.8 Å². The van der Waals surface area contributed by atoms with E-state index in [1.165, 1.54) is 0 Å². The van der Waals surface area contributed by atoms with Crippen LogP contribution in [-0.4, -0.2) is 17.9 Å². The van der Waals surface area contributed by atoms with E-state index in [4.69, 9.17) is 0 Å². The second kappa shape index (κ2) is 2.49. The fraction of sp³-hybridized carbons (Fsp3) is 0.125. The van der Waals surface area contributed by atoms with Crippen LogP contribution in [0.4, 0.5) is 0 Å². The average Bonchev–Trinajstić information content (AvgIpc) is 2.29. The van der Waals surface area contributed by atoms with E-state index in [0.29, 0.717) is 5.75 Å². The van der Waals surface area contributed by atoms with Crippen LogP contribution in [0.3, 0.4) is 0 Å². The number of fused-ring (bicyclic) bond motifs is 1. The number of aromatic hydroxyl groups is 1. The standard InChI is InChI=1S/C8H8BNOS/c1-4-10-8-6(9)2-5(11)3-7(8)12-4/h2-3,11H,9H2,1H3. The van der Waals surface area contributed by atoms with Crippen molar-refractivity contribution in [1.29, 1.82) is 0 Å². The monoisotopic (exact) mass is 177 g/mol. The molecule has 2 nitrogen and oxygen atoms in total. The number of nitrogens with zero attached hydrogens (tertiary/aromatic N) is 1. The lowest BCUT2D eigenvalue weighted by molar-refractivity contribution is 0.476. The van der Waals surface area contributed by atoms with Crippen molar-refractivity contribution in [2.45, 2.75) is 6.92 Å². The fourth-order valence-electron chi connectivity index (χ4n) is 1.29. The highest BCUT2D eigenvalue weighted by molar-refractivity contribution is 7.18. The number of phenolic OH excluding ortho intramolecular Hbond substituents is 1. The number of hydrogen-bond donors (Lipinski definition) is 1. The molecule has 4 heteroatoms. The highest BCUT2D eigenvalue weighted by Gasteiger charge is 2.04. The number of thiazole rings is 1. The van der Waals surface area contributed by atoms with Crippen molar-refractivity contribution < 1.29 is 5.11 Å². The van der Waals surface area contributed by atoms with Crippen molar-refractivity contribution in [3.63, 3.8) is 0 Å². The van der Waals surface area contributed by atoms with Crippen LogP contribution >= 0.6 is 11.3 Å². The van der Waals surface area contributed by atoms with Crippen molar-refractivity contribution in [3.8, 4) is 5.75 Å². The Labute approximate surface area is 75.3 Å².